The van der Waals surface area contributed by atoms with Gasteiger partial charge in [0.25, 0.3) is 0 Å². The van der Waals surface area contributed by atoms with Crippen LogP contribution in [0.25, 0.3) is 0 Å². The van der Waals surface area contributed by atoms with Crippen molar-refractivity contribution in [3.05, 3.63) is 18.2 Å². The molecule has 116 valence electrons. The van der Waals surface area contributed by atoms with Crippen molar-refractivity contribution in [1.29, 1.82) is 0 Å². The van der Waals surface area contributed by atoms with Crippen LogP contribution in [0.15, 0.2) is 18.2 Å². The standard InChI is InChI=1S/C16H24N2O3/c1-2-3-12(8-9-17)4-7-16(19)18-13-5-6-14-15(10-13)21-11-20-14/h5-6,10,12H,2-4,7-9,11,17H2,1H3,(H,18,19). The van der Waals surface area contributed by atoms with Crippen LogP contribution in [-0.2, 0) is 4.79 Å². The van der Waals surface area contributed by atoms with Gasteiger partial charge in [0.15, 0.2) is 11.5 Å². The zero-order valence-electron chi connectivity index (χ0n) is 12.6. The topological polar surface area (TPSA) is 73.6 Å². The predicted molar refractivity (Wildman–Crippen MR) is 82.5 cm³/mol. The summed E-state index contributed by atoms with van der Waals surface area (Å²) < 4.78 is 10.5. The molecule has 0 saturated heterocycles. The molecule has 2 rings (SSSR count). The summed E-state index contributed by atoms with van der Waals surface area (Å²) >= 11 is 0. The number of nitrogens with two attached hydrogens (primary N) is 1. The van der Waals surface area contributed by atoms with Gasteiger partial charge in [0, 0.05) is 18.2 Å². The van der Waals surface area contributed by atoms with E-state index in [0.717, 1.165) is 37.1 Å². The molecule has 0 spiro atoms. The highest BCUT2D eigenvalue weighted by Gasteiger charge is 2.15. The summed E-state index contributed by atoms with van der Waals surface area (Å²) in [5, 5.41) is 2.91. The number of hydrogen-bond acceptors (Lipinski definition) is 4. The van der Waals surface area contributed by atoms with Crippen LogP contribution in [0.3, 0.4) is 0 Å². The number of carbonyl (C=O) groups excluding carboxylic acids is 1. The summed E-state index contributed by atoms with van der Waals surface area (Å²) in [6.45, 7) is 3.09. The number of fused-ring (bicyclic) bond motifs is 1. The number of ether oxygens (including phenoxy) is 2. The summed E-state index contributed by atoms with van der Waals surface area (Å²) in [6.07, 6.45) is 4.68. The average Bonchev–Trinajstić information content (AvgIpc) is 2.93. The van der Waals surface area contributed by atoms with E-state index in [0.29, 0.717) is 24.6 Å². The van der Waals surface area contributed by atoms with E-state index in [9.17, 15) is 4.79 Å². The monoisotopic (exact) mass is 292 g/mol. The van der Waals surface area contributed by atoms with Crippen LogP contribution in [0.4, 0.5) is 5.69 Å². The van der Waals surface area contributed by atoms with Crippen molar-refractivity contribution in [1.82, 2.24) is 0 Å². The minimum absolute atomic E-state index is 0.0342. The van der Waals surface area contributed by atoms with E-state index in [-0.39, 0.29) is 12.7 Å². The smallest absolute Gasteiger partial charge is 0.231 e. The Morgan fingerprint density at radius 3 is 2.86 bits per heavy atom. The van der Waals surface area contributed by atoms with Gasteiger partial charge in [0.05, 0.1) is 0 Å². The molecule has 1 aromatic rings. The average molecular weight is 292 g/mol. The van der Waals surface area contributed by atoms with Gasteiger partial charge in [-0.05, 0) is 37.4 Å². The second kappa shape index (κ2) is 7.88. The maximum absolute atomic E-state index is 12.0. The van der Waals surface area contributed by atoms with E-state index in [1.165, 1.54) is 0 Å². The van der Waals surface area contributed by atoms with Gasteiger partial charge in [-0.15, -0.1) is 0 Å². The molecule has 1 heterocycles. The van der Waals surface area contributed by atoms with Crippen molar-refractivity contribution in [2.45, 2.75) is 39.0 Å². The number of anilines is 1. The lowest BCUT2D eigenvalue weighted by atomic mass is 9.94. The van der Waals surface area contributed by atoms with Crippen LogP contribution in [0.1, 0.15) is 39.0 Å². The van der Waals surface area contributed by atoms with Crippen LogP contribution in [0, 0.1) is 5.92 Å². The van der Waals surface area contributed by atoms with E-state index >= 15 is 0 Å². The molecular weight excluding hydrogens is 268 g/mol. The summed E-state index contributed by atoms with van der Waals surface area (Å²) in [5.74, 6) is 1.98. The maximum atomic E-state index is 12.0. The van der Waals surface area contributed by atoms with Crippen molar-refractivity contribution < 1.29 is 14.3 Å². The normalized spacial score (nSPS) is 14.0. The van der Waals surface area contributed by atoms with Gasteiger partial charge in [-0.3, -0.25) is 4.79 Å². The third-order valence-corrected chi connectivity index (χ3v) is 3.71. The molecule has 3 N–H and O–H groups in total. The Morgan fingerprint density at radius 1 is 1.29 bits per heavy atom. The first-order valence-corrected chi connectivity index (χ1v) is 7.62. The van der Waals surface area contributed by atoms with Crippen molar-refractivity contribution >= 4 is 11.6 Å². The van der Waals surface area contributed by atoms with E-state index in [1.54, 1.807) is 6.07 Å². The summed E-state index contributed by atoms with van der Waals surface area (Å²) in [5.41, 5.74) is 6.36. The minimum atomic E-state index is 0.0342. The fraction of sp³-hybridized carbons (Fsp3) is 0.562. The Balaban J connectivity index is 1.81. The molecule has 0 saturated carbocycles. The summed E-state index contributed by atoms with van der Waals surface area (Å²) in [4.78, 5) is 12.0. The second-order valence-corrected chi connectivity index (χ2v) is 5.39. The molecule has 21 heavy (non-hydrogen) atoms. The number of hydrogen-bond donors (Lipinski definition) is 2. The highest BCUT2D eigenvalue weighted by molar-refractivity contribution is 5.91. The molecule has 1 aliphatic rings. The lowest BCUT2D eigenvalue weighted by molar-refractivity contribution is -0.116. The lowest BCUT2D eigenvalue weighted by Gasteiger charge is -2.14. The fourth-order valence-electron chi connectivity index (χ4n) is 2.61. The largest absolute Gasteiger partial charge is 0.454 e. The molecule has 0 bridgehead atoms. The number of amides is 1. The Labute approximate surface area is 125 Å². The van der Waals surface area contributed by atoms with E-state index < -0.39 is 0 Å². The van der Waals surface area contributed by atoms with E-state index in [2.05, 4.69) is 12.2 Å². The number of nitrogens with one attached hydrogen (secondary N) is 1. The summed E-state index contributed by atoms with van der Waals surface area (Å²) in [6, 6.07) is 5.44. The molecule has 1 aromatic carbocycles. The van der Waals surface area contributed by atoms with Crippen LogP contribution < -0.4 is 20.5 Å². The van der Waals surface area contributed by atoms with Crippen molar-refractivity contribution in [3.63, 3.8) is 0 Å². The lowest BCUT2D eigenvalue weighted by Crippen LogP contribution is -2.15. The van der Waals surface area contributed by atoms with Gasteiger partial charge in [0.1, 0.15) is 0 Å². The first-order valence-electron chi connectivity index (χ1n) is 7.62. The molecule has 5 heteroatoms. The molecule has 0 fully saturated rings. The molecule has 0 radical (unpaired) electrons. The second-order valence-electron chi connectivity index (χ2n) is 5.39. The zero-order valence-corrected chi connectivity index (χ0v) is 12.6. The van der Waals surface area contributed by atoms with Crippen LogP contribution in [0.2, 0.25) is 0 Å². The molecule has 1 unspecified atom stereocenters. The quantitative estimate of drug-likeness (QED) is 0.772. The predicted octanol–water partition coefficient (Wildman–Crippen LogP) is 2.90. The molecule has 0 aromatic heterocycles. The third-order valence-electron chi connectivity index (χ3n) is 3.71. The van der Waals surface area contributed by atoms with Crippen LogP contribution in [-0.4, -0.2) is 19.2 Å². The molecular formula is C16H24N2O3. The van der Waals surface area contributed by atoms with Crippen LogP contribution >= 0.6 is 0 Å². The van der Waals surface area contributed by atoms with Gasteiger partial charge in [-0.25, -0.2) is 0 Å². The van der Waals surface area contributed by atoms with Crippen molar-refractivity contribution in [2.75, 3.05) is 18.7 Å². The molecule has 1 amide bonds. The van der Waals surface area contributed by atoms with Gasteiger partial charge in [0.2, 0.25) is 12.7 Å². The highest BCUT2D eigenvalue weighted by atomic mass is 16.7. The molecule has 0 aliphatic carbocycles. The van der Waals surface area contributed by atoms with Crippen molar-refractivity contribution in [2.24, 2.45) is 11.7 Å². The van der Waals surface area contributed by atoms with Crippen molar-refractivity contribution in [3.8, 4) is 11.5 Å². The Bertz CT molecular complexity index is 471. The SMILES string of the molecule is CCCC(CCN)CCC(=O)Nc1ccc2c(c1)OCO2. The first-order chi connectivity index (χ1) is 10.2. The number of rotatable bonds is 8. The van der Waals surface area contributed by atoms with Gasteiger partial charge >= 0.3 is 0 Å². The van der Waals surface area contributed by atoms with Gasteiger partial charge in [-0.1, -0.05) is 19.8 Å². The molecule has 1 atom stereocenters. The minimum Gasteiger partial charge on any atom is -0.454 e. The number of carbonyl (C=O) groups is 1. The molecule has 5 nitrogen and oxygen atoms in total. The zero-order chi connectivity index (χ0) is 15.1. The Hall–Kier alpha value is -1.75. The maximum Gasteiger partial charge on any atom is 0.231 e. The summed E-state index contributed by atoms with van der Waals surface area (Å²) in [7, 11) is 0. The van der Waals surface area contributed by atoms with Gasteiger partial charge < -0.3 is 20.5 Å². The number of benzene rings is 1. The Kier molecular flexibility index (Phi) is 5.87. The fourth-order valence-corrected chi connectivity index (χ4v) is 2.61. The molecule has 1 aliphatic heterocycles. The highest BCUT2D eigenvalue weighted by Crippen LogP contribution is 2.34. The first kappa shape index (κ1) is 15.6. The van der Waals surface area contributed by atoms with Crippen LogP contribution in [0.5, 0.6) is 11.5 Å². The van der Waals surface area contributed by atoms with Gasteiger partial charge in [-0.2, -0.15) is 0 Å². The van der Waals surface area contributed by atoms with E-state index in [4.69, 9.17) is 15.2 Å². The van der Waals surface area contributed by atoms with E-state index in [1.807, 2.05) is 12.1 Å². The third kappa shape index (κ3) is 4.63. The Morgan fingerprint density at radius 2 is 2.10 bits per heavy atom.